The first-order chi connectivity index (χ1) is 8.04. The van der Waals surface area contributed by atoms with Crippen LogP contribution in [0.1, 0.15) is 19.8 Å². The molecule has 1 unspecified atom stereocenters. The summed E-state index contributed by atoms with van der Waals surface area (Å²) in [5.74, 6) is -1.21. The molecule has 0 aliphatic rings. The van der Waals surface area contributed by atoms with Crippen LogP contribution in [0.5, 0.6) is 0 Å². The number of carbonyl (C=O) groups excluding carboxylic acids is 3. The van der Waals surface area contributed by atoms with Crippen LogP contribution >= 0.6 is 0 Å². The Balaban J connectivity index is 4.28. The number of methoxy groups -OCH3 is 1. The lowest BCUT2D eigenvalue weighted by atomic mass is 10.2. The molecule has 96 valence electrons. The molecule has 6 heteroatoms. The average Bonchev–Trinajstić information content (AvgIpc) is 2.34. The molecule has 0 saturated carbocycles. The van der Waals surface area contributed by atoms with Crippen LogP contribution in [0.2, 0.25) is 0 Å². The lowest BCUT2D eigenvalue weighted by molar-refractivity contribution is -0.141. The number of hydrogen-bond donors (Lipinski definition) is 2. The van der Waals surface area contributed by atoms with Gasteiger partial charge in [0.1, 0.15) is 12.6 Å². The van der Waals surface area contributed by atoms with Gasteiger partial charge in [0.2, 0.25) is 11.8 Å². The molecular weight excluding hydrogens is 224 g/mol. The summed E-state index contributed by atoms with van der Waals surface area (Å²) in [6.07, 6.45) is 2.12. The summed E-state index contributed by atoms with van der Waals surface area (Å²) >= 11 is 0. The molecule has 0 radical (unpaired) electrons. The smallest absolute Gasteiger partial charge is 0.325 e. The van der Waals surface area contributed by atoms with Crippen molar-refractivity contribution in [3.05, 3.63) is 12.7 Å². The van der Waals surface area contributed by atoms with Gasteiger partial charge in [-0.15, -0.1) is 6.58 Å². The van der Waals surface area contributed by atoms with Gasteiger partial charge in [-0.2, -0.15) is 0 Å². The summed E-state index contributed by atoms with van der Waals surface area (Å²) in [5.41, 5.74) is 0. The van der Waals surface area contributed by atoms with E-state index in [1.807, 2.05) is 0 Å². The standard InChI is InChI=1S/C11H18N2O4/c1-4-6-8(13-9(14)5-2)11(16)12-7-10(15)17-3/h4,8H,1,5-7H2,2-3H3,(H,12,16)(H,13,14). The van der Waals surface area contributed by atoms with E-state index in [-0.39, 0.29) is 18.9 Å². The van der Waals surface area contributed by atoms with E-state index in [1.54, 1.807) is 6.92 Å². The number of hydrogen-bond acceptors (Lipinski definition) is 4. The molecule has 6 nitrogen and oxygen atoms in total. The minimum Gasteiger partial charge on any atom is -0.468 e. The van der Waals surface area contributed by atoms with Crippen molar-refractivity contribution in [1.29, 1.82) is 0 Å². The maximum Gasteiger partial charge on any atom is 0.325 e. The van der Waals surface area contributed by atoms with E-state index in [0.29, 0.717) is 6.42 Å². The number of amides is 2. The summed E-state index contributed by atoms with van der Waals surface area (Å²) in [6, 6.07) is -0.704. The predicted molar refractivity (Wildman–Crippen MR) is 62.1 cm³/mol. The highest BCUT2D eigenvalue weighted by Crippen LogP contribution is 1.94. The van der Waals surface area contributed by atoms with E-state index >= 15 is 0 Å². The molecule has 0 aromatic heterocycles. The van der Waals surface area contributed by atoms with Gasteiger partial charge in [-0.3, -0.25) is 14.4 Å². The van der Waals surface area contributed by atoms with Gasteiger partial charge < -0.3 is 15.4 Å². The second-order valence-corrected chi connectivity index (χ2v) is 3.29. The van der Waals surface area contributed by atoms with E-state index in [1.165, 1.54) is 13.2 Å². The highest BCUT2D eigenvalue weighted by atomic mass is 16.5. The van der Waals surface area contributed by atoms with Crippen molar-refractivity contribution in [1.82, 2.24) is 10.6 Å². The van der Waals surface area contributed by atoms with Gasteiger partial charge >= 0.3 is 5.97 Å². The summed E-state index contributed by atoms with van der Waals surface area (Å²) in [5, 5.41) is 4.91. The van der Waals surface area contributed by atoms with Crippen molar-refractivity contribution in [3.63, 3.8) is 0 Å². The molecule has 0 spiro atoms. The lowest BCUT2D eigenvalue weighted by Crippen LogP contribution is -2.47. The molecule has 0 saturated heterocycles. The molecule has 0 aliphatic carbocycles. The van der Waals surface area contributed by atoms with Crippen LogP contribution in [0.3, 0.4) is 0 Å². The highest BCUT2D eigenvalue weighted by molar-refractivity contribution is 5.89. The Morgan fingerprint density at radius 3 is 2.53 bits per heavy atom. The number of esters is 1. The summed E-state index contributed by atoms with van der Waals surface area (Å²) < 4.78 is 4.38. The summed E-state index contributed by atoms with van der Waals surface area (Å²) in [4.78, 5) is 33.6. The molecule has 0 heterocycles. The number of ether oxygens (including phenoxy) is 1. The van der Waals surface area contributed by atoms with E-state index in [9.17, 15) is 14.4 Å². The van der Waals surface area contributed by atoms with Crippen LogP contribution in [-0.4, -0.2) is 37.5 Å². The van der Waals surface area contributed by atoms with E-state index < -0.39 is 17.9 Å². The van der Waals surface area contributed by atoms with Crippen molar-refractivity contribution in [2.75, 3.05) is 13.7 Å². The van der Waals surface area contributed by atoms with Gasteiger partial charge in [-0.05, 0) is 6.42 Å². The van der Waals surface area contributed by atoms with Crippen molar-refractivity contribution >= 4 is 17.8 Å². The molecule has 0 aliphatic heterocycles. The summed E-state index contributed by atoms with van der Waals surface area (Å²) in [6.45, 7) is 4.97. The van der Waals surface area contributed by atoms with Crippen LogP contribution < -0.4 is 10.6 Å². The van der Waals surface area contributed by atoms with Gasteiger partial charge in [0.25, 0.3) is 0 Å². The van der Waals surface area contributed by atoms with Gasteiger partial charge in [-0.25, -0.2) is 0 Å². The zero-order chi connectivity index (χ0) is 13.3. The third-order valence-electron chi connectivity index (χ3n) is 2.01. The minimum atomic E-state index is -0.704. The second kappa shape index (κ2) is 8.32. The first-order valence-electron chi connectivity index (χ1n) is 5.29. The molecule has 0 bridgehead atoms. The zero-order valence-electron chi connectivity index (χ0n) is 10.1. The van der Waals surface area contributed by atoms with Gasteiger partial charge in [0.15, 0.2) is 0 Å². The van der Waals surface area contributed by atoms with Crippen molar-refractivity contribution in [3.8, 4) is 0 Å². The maximum absolute atomic E-state index is 11.6. The fraction of sp³-hybridized carbons (Fsp3) is 0.545. The molecule has 17 heavy (non-hydrogen) atoms. The van der Waals surface area contributed by atoms with Crippen LogP contribution in [0.25, 0.3) is 0 Å². The van der Waals surface area contributed by atoms with Crippen molar-refractivity contribution in [2.24, 2.45) is 0 Å². The largest absolute Gasteiger partial charge is 0.468 e. The fourth-order valence-corrected chi connectivity index (χ4v) is 1.05. The second-order valence-electron chi connectivity index (χ2n) is 3.29. The average molecular weight is 242 g/mol. The minimum absolute atomic E-state index is 0.217. The molecule has 0 aromatic rings. The van der Waals surface area contributed by atoms with Crippen LogP contribution in [0.4, 0.5) is 0 Å². The van der Waals surface area contributed by atoms with E-state index in [0.717, 1.165) is 0 Å². The predicted octanol–water partition coefficient (Wildman–Crippen LogP) is -0.253. The fourth-order valence-electron chi connectivity index (χ4n) is 1.05. The van der Waals surface area contributed by atoms with Crippen molar-refractivity contribution in [2.45, 2.75) is 25.8 Å². The third-order valence-corrected chi connectivity index (χ3v) is 2.01. The molecule has 2 amide bonds. The summed E-state index contributed by atoms with van der Waals surface area (Å²) in [7, 11) is 1.23. The molecule has 2 N–H and O–H groups in total. The van der Waals surface area contributed by atoms with E-state index in [4.69, 9.17) is 0 Å². The number of nitrogens with one attached hydrogen (secondary N) is 2. The van der Waals surface area contributed by atoms with Gasteiger partial charge in [-0.1, -0.05) is 13.0 Å². The lowest BCUT2D eigenvalue weighted by Gasteiger charge is -2.16. The van der Waals surface area contributed by atoms with Crippen LogP contribution in [0.15, 0.2) is 12.7 Å². The topological polar surface area (TPSA) is 84.5 Å². The normalized spacial score (nSPS) is 11.2. The third kappa shape index (κ3) is 6.34. The molecule has 1 atom stereocenters. The monoisotopic (exact) mass is 242 g/mol. The van der Waals surface area contributed by atoms with Gasteiger partial charge in [0, 0.05) is 6.42 Å². The Labute approximate surface area is 100 Å². The Morgan fingerprint density at radius 2 is 2.06 bits per heavy atom. The number of rotatable bonds is 7. The quantitative estimate of drug-likeness (QED) is 0.476. The first kappa shape index (κ1) is 15.2. The SMILES string of the molecule is C=CCC(NC(=O)CC)C(=O)NCC(=O)OC. The molecule has 0 fully saturated rings. The zero-order valence-corrected chi connectivity index (χ0v) is 10.1. The van der Waals surface area contributed by atoms with Gasteiger partial charge in [0.05, 0.1) is 7.11 Å². The Morgan fingerprint density at radius 1 is 1.41 bits per heavy atom. The molecule has 0 rings (SSSR count). The Hall–Kier alpha value is -1.85. The van der Waals surface area contributed by atoms with Crippen LogP contribution in [-0.2, 0) is 19.1 Å². The maximum atomic E-state index is 11.6. The van der Waals surface area contributed by atoms with E-state index in [2.05, 4.69) is 21.9 Å². The Kier molecular flexibility index (Phi) is 7.41. The molecular formula is C11H18N2O4. The van der Waals surface area contributed by atoms with Crippen LogP contribution in [0, 0.1) is 0 Å². The number of carbonyl (C=O) groups is 3. The Bertz CT molecular complexity index is 302. The highest BCUT2D eigenvalue weighted by Gasteiger charge is 2.19. The molecule has 0 aromatic carbocycles. The van der Waals surface area contributed by atoms with Crippen molar-refractivity contribution < 1.29 is 19.1 Å². The first-order valence-corrected chi connectivity index (χ1v) is 5.29.